The lowest BCUT2D eigenvalue weighted by molar-refractivity contribution is -0.385. The van der Waals surface area contributed by atoms with Crippen molar-refractivity contribution in [3.05, 3.63) is 99.1 Å². The maximum Gasteiger partial charge on any atom is 0.407 e. The number of nitrogens with zero attached hydrogens (tertiary/aromatic N) is 1. The summed E-state index contributed by atoms with van der Waals surface area (Å²) >= 11 is 0. The number of aliphatic carboxylic acids is 1. The molecule has 0 radical (unpaired) electrons. The van der Waals surface area contributed by atoms with Gasteiger partial charge in [0.25, 0.3) is 5.69 Å². The molecule has 2 N–H and O–H groups in total. The lowest BCUT2D eigenvalue weighted by atomic mass is 9.98. The van der Waals surface area contributed by atoms with Crippen molar-refractivity contribution in [3.63, 3.8) is 0 Å². The number of amides is 1. The van der Waals surface area contributed by atoms with Crippen LogP contribution in [0.25, 0.3) is 11.1 Å². The molecule has 0 bridgehead atoms. The van der Waals surface area contributed by atoms with Gasteiger partial charge in [0.2, 0.25) is 0 Å². The molecule has 168 valence electrons. The van der Waals surface area contributed by atoms with E-state index in [0.717, 1.165) is 22.3 Å². The highest BCUT2D eigenvalue weighted by Gasteiger charge is 2.29. The largest absolute Gasteiger partial charge is 0.481 e. The van der Waals surface area contributed by atoms with Crippen LogP contribution in [0.5, 0.6) is 0 Å². The van der Waals surface area contributed by atoms with E-state index in [4.69, 9.17) is 4.74 Å². The van der Waals surface area contributed by atoms with Gasteiger partial charge in [-0.3, -0.25) is 14.9 Å². The number of rotatable bonds is 7. The van der Waals surface area contributed by atoms with E-state index in [1.165, 1.54) is 12.1 Å². The number of nitrogens with one attached hydrogen (secondary N) is 1. The molecule has 8 heteroatoms. The minimum Gasteiger partial charge on any atom is -0.481 e. The summed E-state index contributed by atoms with van der Waals surface area (Å²) in [6, 6.07) is 19.3. The Balaban J connectivity index is 1.51. The molecule has 3 aromatic carbocycles. The predicted octanol–water partition coefficient (Wildman–Crippen LogP) is 4.96. The van der Waals surface area contributed by atoms with Crippen LogP contribution >= 0.6 is 0 Å². The van der Waals surface area contributed by atoms with E-state index < -0.39 is 29.4 Å². The predicted molar refractivity (Wildman–Crippen MR) is 121 cm³/mol. The highest BCUT2D eigenvalue weighted by Crippen LogP contribution is 2.44. The van der Waals surface area contributed by atoms with Crippen LogP contribution in [0.1, 0.15) is 40.6 Å². The minimum atomic E-state index is -1.15. The molecule has 0 saturated heterocycles. The van der Waals surface area contributed by atoms with E-state index in [9.17, 15) is 24.8 Å². The second-order valence-corrected chi connectivity index (χ2v) is 7.92. The standard InChI is InChI=1S/C25H22N2O6/c1-15-10-11-16(12-23(15)27(31)32)22(13-24(28)29)26-25(30)33-14-21-19-8-4-2-6-17(19)18-7-3-5-9-20(18)21/h2-12,21-22H,13-14H2,1H3,(H,26,30)(H,28,29)/t22-/m1/s1. The molecule has 0 aliphatic heterocycles. The third kappa shape index (κ3) is 4.55. The number of nitro groups is 1. The van der Waals surface area contributed by atoms with Gasteiger partial charge < -0.3 is 15.2 Å². The molecular formula is C25H22N2O6. The van der Waals surface area contributed by atoms with Gasteiger partial charge in [0.05, 0.1) is 17.4 Å². The maximum absolute atomic E-state index is 12.6. The zero-order chi connectivity index (χ0) is 23.5. The number of hydrogen-bond donors (Lipinski definition) is 2. The van der Waals surface area contributed by atoms with Crippen molar-refractivity contribution in [1.29, 1.82) is 0 Å². The Kier molecular flexibility index (Phi) is 6.08. The summed E-state index contributed by atoms with van der Waals surface area (Å²) in [5, 5.41) is 23.1. The molecule has 1 atom stereocenters. The van der Waals surface area contributed by atoms with Crippen LogP contribution in [0, 0.1) is 17.0 Å². The summed E-state index contributed by atoms with van der Waals surface area (Å²) in [5.74, 6) is -1.29. The molecular weight excluding hydrogens is 424 g/mol. The van der Waals surface area contributed by atoms with Gasteiger partial charge in [-0.05, 0) is 34.7 Å². The first-order valence-electron chi connectivity index (χ1n) is 10.4. The molecule has 1 aliphatic carbocycles. The Labute approximate surface area is 190 Å². The fourth-order valence-electron chi connectivity index (χ4n) is 4.25. The molecule has 4 rings (SSSR count). The zero-order valence-corrected chi connectivity index (χ0v) is 17.9. The van der Waals surface area contributed by atoms with Crippen LogP contribution in [0.2, 0.25) is 0 Å². The summed E-state index contributed by atoms with van der Waals surface area (Å²) in [4.78, 5) is 34.7. The molecule has 1 aliphatic rings. The first kappa shape index (κ1) is 22.0. The molecule has 33 heavy (non-hydrogen) atoms. The van der Waals surface area contributed by atoms with Crippen LogP contribution in [0.3, 0.4) is 0 Å². The van der Waals surface area contributed by atoms with Crippen molar-refractivity contribution < 1.29 is 24.4 Å². The number of carboxylic acids is 1. The second-order valence-electron chi connectivity index (χ2n) is 7.92. The van der Waals surface area contributed by atoms with E-state index in [-0.39, 0.29) is 18.2 Å². The molecule has 1 amide bonds. The van der Waals surface area contributed by atoms with E-state index >= 15 is 0 Å². The minimum absolute atomic E-state index is 0.0771. The molecule has 0 saturated carbocycles. The van der Waals surface area contributed by atoms with Crippen molar-refractivity contribution in [1.82, 2.24) is 5.32 Å². The molecule has 0 spiro atoms. The Hall–Kier alpha value is -4.20. The van der Waals surface area contributed by atoms with Crippen molar-refractivity contribution in [2.75, 3.05) is 6.61 Å². The van der Waals surface area contributed by atoms with Crippen molar-refractivity contribution in [2.45, 2.75) is 25.3 Å². The topological polar surface area (TPSA) is 119 Å². The number of aryl methyl sites for hydroxylation is 1. The molecule has 3 aromatic rings. The van der Waals surface area contributed by atoms with E-state index in [1.807, 2.05) is 48.5 Å². The van der Waals surface area contributed by atoms with Crippen molar-refractivity contribution >= 4 is 17.7 Å². The summed E-state index contributed by atoms with van der Waals surface area (Å²) < 4.78 is 5.50. The van der Waals surface area contributed by atoms with Crippen molar-refractivity contribution in [2.24, 2.45) is 0 Å². The number of hydrogen-bond acceptors (Lipinski definition) is 5. The first-order valence-corrected chi connectivity index (χ1v) is 10.4. The van der Waals surface area contributed by atoms with Crippen LogP contribution in [0.4, 0.5) is 10.5 Å². The Bertz CT molecular complexity index is 1190. The molecule has 0 heterocycles. The van der Waals surface area contributed by atoms with Gasteiger partial charge in [0, 0.05) is 17.5 Å². The normalized spacial score (nSPS) is 13.0. The van der Waals surface area contributed by atoms with Gasteiger partial charge in [0.1, 0.15) is 6.61 Å². The van der Waals surface area contributed by atoms with Crippen LogP contribution in [-0.2, 0) is 9.53 Å². The lowest BCUT2D eigenvalue weighted by Crippen LogP contribution is -2.31. The van der Waals surface area contributed by atoms with E-state index in [1.54, 1.807) is 13.0 Å². The first-order chi connectivity index (χ1) is 15.8. The van der Waals surface area contributed by atoms with Gasteiger partial charge >= 0.3 is 12.1 Å². The fourth-order valence-corrected chi connectivity index (χ4v) is 4.25. The quantitative estimate of drug-likeness (QED) is 0.391. The number of carbonyl (C=O) groups is 2. The van der Waals surface area contributed by atoms with Gasteiger partial charge in [-0.1, -0.05) is 60.7 Å². The van der Waals surface area contributed by atoms with Gasteiger partial charge in [-0.15, -0.1) is 0 Å². The molecule has 0 fully saturated rings. The lowest BCUT2D eigenvalue weighted by Gasteiger charge is -2.19. The Morgan fingerprint density at radius 1 is 1.06 bits per heavy atom. The number of ether oxygens (including phenoxy) is 1. The number of alkyl carbamates (subject to hydrolysis) is 1. The van der Waals surface area contributed by atoms with E-state index in [2.05, 4.69) is 5.32 Å². The summed E-state index contributed by atoms with van der Waals surface area (Å²) in [5.41, 5.74) is 4.93. The molecule has 8 nitrogen and oxygen atoms in total. The highest BCUT2D eigenvalue weighted by molar-refractivity contribution is 5.79. The maximum atomic E-state index is 12.6. The van der Waals surface area contributed by atoms with Crippen molar-refractivity contribution in [3.8, 4) is 11.1 Å². The number of carboxylic acid groups (broad SMARTS) is 1. The third-order valence-corrected chi connectivity index (χ3v) is 5.85. The monoisotopic (exact) mass is 446 g/mol. The number of benzene rings is 3. The number of nitro benzene ring substituents is 1. The number of carbonyl (C=O) groups excluding carboxylic acids is 1. The average molecular weight is 446 g/mol. The molecule has 0 unspecified atom stereocenters. The van der Waals surface area contributed by atoms with Gasteiger partial charge in [0.15, 0.2) is 0 Å². The van der Waals surface area contributed by atoms with Gasteiger partial charge in [-0.2, -0.15) is 0 Å². The highest BCUT2D eigenvalue weighted by atomic mass is 16.6. The summed E-state index contributed by atoms with van der Waals surface area (Å²) in [6.45, 7) is 1.67. The Morgan fingerprint density at radius 2 is 1.67 bits per heavy atom. The third-order valence-electron chi connectivity index (χ3n) is 5.85. The zero-order valence-electron chi connectivity index (χ0n) is 17.9. The summed E-state index contributed by atoms with van der Waals surface area (Å²) in [7, 11) is 0. The van der Waals surface area contributed by atoms with Crippen LogP contribution < -0.4 is 5.32 Å². The van der Waals surface area contributed by atoms with Crippen LogP contribution in [-0.4, -0.2) is 28.7 Å². The smallest absolute Gasteiger partial charge is 0.407 e. The Morgan fingerprint density at radius 3 is 2.24 bits per heavy atom. The molecule has 0 aromatic heterocycles. The van der Waals surface area contributed by atoms with Crippen LogP contribution in [0.15, 0.2) is 66.7 Å². The second kappa shape index (κ2) is 9.12. The summed E-state index contributed by atoms with van der Waals surface area (Å²) in [6.07, 6.45) is -1.23. The van der Waals surface area contributed by atoms with Gasteiger partial charge in [-0.25, -0.2) is 4.79 Å². The number of fused-ring (bicyclic) bond motifs is 3. The SMILES string of the molecule is Cc1ccc([C@@H](CC(=O)O)NC(=O)OCC2c3ccccc3-c3ccccc32)cc1[N+](=O)[O-]. The average Bonchev–Trinajstić information content (AvgIpc) is 3.11. The fraction of sp³-hybridized carbons (Fsp3) is 0.200. The van der Waals surface area contributed by atoms with E-state index in [0.29, 0.717) is 11.1 Å².